The number of hydrogen-bond acceptors (Lipinski definition) is 4. The Morgan fingerprint density at radius 1 is 1.17 bits per heavy atom. The number of halogens is 4. The first-order valence-corrected chi connectivity index (χ1v) is 11.4. The molecular weight excluding hydrogens is 431 g/mol. The lowest BCUT2D eigenvalue weighted by Gasteiger charge is -2.23. The summed E-state index contributed by atoms with van der Waals surface area (Å²) in [5.41, 5.74) is 1.66. The Balaban J connectivity index is 2.18. The van der Waals surface area contributed by atoms with Crippen molar-refractivity contribution in [3.05, 3.63) is 28.8 Å². The van der Waals surface area contributed by atoms with Gasteiger partial charge in [-0.05, 0) is 43.9 Å². The van der Waals surface area contributed by atoms with Gasteiger partial charge in [-0.15, -0.1) is 0 Å². The van der Waals surface area contributed by atoms with Crippen LogP contribution >= 0.6 is 11.6 Å². The summed E-state index contributed by atoms with van der Waals surface area (Å²) in [7, 11) is -4.03. The second kappa shape index (κ2) is 9.80. The van der Waals surface area contributed by atoms with Crippen molar-refractivity contribution < 1.29 is 26.4 Å². The Kier molecular flexibility index (Phi) is 7.93. The van der Waals surface area contributed by atoms with Crippen LogP contribution in [0.1, 0.15) is 50.5 Å². The smallest absolute Gasteiger partial charge is 0.271 e. The molecule has 0 heterocycles. The van der Waals surface area contributed by atoms with Crippen LogP contribution in [0.4, 0.5) is 18.9 Å². The van der Waals surface area contributed by atoms with Crippen molar-refractivity contribution in [2.24, 2.45) is 5.10 Å². The summed E-state index contributed by atoms with van der Waals surface area (Å²) in [6.07, 6.45) is 2.84. The third-order valence-corrected chi connectivity index (χ3v) is 5.97. The Labute approximate surface area is 173 Å². The first kappa shape index (κ1) is 23.5. The molecule has 1 saturated carbocycles. The van der Waals surface area contributed by atoms with Crippen LogP contribution in [-0.2, 0) is 21.0 Å². The average Bonchev–Trinajstić information content (AvgIpc) is 2.57. The predicted octanol–water partition coefficient (Wildman–Crippen LogP) is 4.34. The number of carbonyl (C=O) groups excluding carboxylic acids is 1. The van der Waals surface area contributed by atoms with Gasteiger partial charge in [-0.2, -0.15) is 18.3 Å². The lowest BCUT2D eigenvalue weighted by Crippen LogP contribution is -2.39. The van der Waals surface area contributed by atoms with E-state index in [9.17, 15) is 26.4 Å². The molecule has 1 fully saturated rings. The van der Waals surface area contributed by atoms with Gasteiger partial charge in [-0.1, -0.05) is 30.9 Å². The summed E-state index contributed by atoms with van der Waals surface area (Å²) < 4.78 is 64.1. The Hall–Kier alpha value is -1.81. The van der Waals surface area contributed by atoms with Gasteiger partial charge in [0.15, 0.2) is 0 Å². The van der Waals surface area contributed by atoms with E-state index in [0.29, 0.717) is 10.4 Å². The Morgan fingerprint density at radius 3 is 2.31 bits per heavy atom. The van der Waals surface area contributed by atoms with Gasteiger partial charge >= 0.3 is 6.18 Å². The molecule has 0 bridgehead atoms. The fourth-order valence-corrected chi connectivity index (χ4v) is 4.09. The number of carbonyl (C=O) groups is 1. The van der Waals surface area contributed by atoms with Crippen LogP contribution in [0.3, 0.4) is 0 Å². The highest BCUT2D eigenvalue weighted by molar-refractivity contribution is 7.92. The van der Waals surface area contributed by atoms with Crippen molar-refractivity contribution in [2.45, 2.75) is 51.1 Å². The quantitative estimate of drug-likeness (QED) is 0.673. The van der Waals surface area contributed by atoms with Gasteiger partial charge in [-0.3, -0.25) is 9.10 Å². The number of nitrogens with one attached hydrogen (secondary N) is 1. The van der Waals surface area contributed by atoms with Crippen molar-refractivity contribution in [3.8, 4) is 0 Å². The van der Waals surface area contributed by atoms with Crippen LogP contribution in [0.15, 0.2) is 23.3 Å². The molecule has 2 rings (SSSR count). The largest absolute Gasteiger partial charge is 0.417 e. The predicted molar refractivity (Wildman–Crippen MR) is 107 cm³/mol. The topological polar surface area (TPSA) is 78.8 Å². The number of sulfonamides is 1. The van der Waals surface area contributed by atoms with Gasteiger partial charge in [0.05, 0.1) is 22.5 Å². The fraction of sp³-hybridized carbons (Fsp3) is 0.556. The maximum Gasteiger partial charge on any atom is 0.417 e. The maximum atomic E-state index is 13.1. The summed E-state index contributed by atoms with van der Waals surface area (Å²) in [6, 6.07) is 2.68. The van der Waals surface area contributed by atoms with Gasteiger partial charge in [-0.25, -0.2) is 13.8 Å². The molecule has 11 heteroatoms. The molecule has 0 unspecified atom stereocenters. The minimum atomic E-state index is -4.76. The van der Waals surface area contributed by atoms with Crippen LogP contribution in [0.5, 0.6) is 0 Å². The monoisotopic (exact) mass is 453 g/mol. The number of hydrogen-bond donors (Lipinski definition) is 1. The minimum absolute atomic E-state index is 0.307. The van der Waals surface area contributed by atoms with Crippen LogP contribution < -0.4 is 9.73 Å². The molecule has 0 aliphatic heterocycles. The second-order valence-corrected chi connectivity index (χ2v) is 9.23. The summed E-state index contributed by atoms with van der Waals surface area (Å²) in [4.78, 5) is 12.2. The summed E-state index contributed by atoms with van der Waals surface area (Å²) in [5.74, 6) is -0.742. The van der Waals surface area contributed by atoms with Gasteiger partial charge in [0.1, 0.15) is 6.54 Å². The minimum Gasteiger partial charge on any atom is -0.271 e. The Bertz CT molecular complexity index is 863. The molecule has 1 amide bonds. The number of nitrogens with zero attached hydrogens (tertiary/aromatic N) is 2. The van der Waals surface area contributed by atoms with E-state index < -0.39 is 39.2 Å². The average molecular weight is 454 g/mol. The number of rotatable bonds is 5. The van der Waals surface area contributed by atoms with Crippen LogP contribution in [0.25, 0.3) is 0 Å². The van der Waals surface area contributed by atoms with Crippen molar-refractivity contribution in [1.29, 1.82) is 0 Å². The first-order chi connectivity index (χ1) is 13.5. The number of hydrazone groups is 1. The molecule has 1 aromatic rings. The molecule has 0 spiro atoms. The molecule has 29 heavy (non-hydrogen) atoms. The zero-order valence-corrected chi connectivity index (χ0v) is 17.5. The molecule has 1 aliphatic rings. The number of benzene rings is 1. The van der Waals surface area contributed by atoms with E-state index >= 15 is 0 Å². The highest BCUT2D eigenvalue weighted by Crippen LogP contribution is 2.37. The zero-order chi connectivity index (χ0) is 21.7. The normalized spacial score (nSPS) is 16.0. The summed E-state index contributed by atoms with van der Waals surface area (Å²) in [6.45, 7) is -0.700. The second-order valence-electron chi connectivity index (χ2n) is 6.91. The molecule has 1 aromatic carbocycles. The summed E-state index contributed by atoms with van der Waals surface area (Å²) >= 11 is 5.58. The highest BCUT2D eigenvalue weighted by atomic mass is 35.5. The molecule has 1 aliphatic carbocycles. The van der Waals surface area contributed by atoms with E-state index in [2.05, 4.69) is 10.5 Å². The molecule has 0 radical (unpaired) electrons. The third kappa shape index (κ3) is 7.18. The molecule has 6 nitrogen and oxygen atoms in total. The van der Waals surface area contributed by atoms with Crippen LogP contribution in [-0.4, -0.2) is 32.8 Å². The van der Waals surface area contributed by atoms with E-state index in [1.54, 1.807) is 0 Å². The number of amides is 1. The zero-order valence-electron chi connectivity index (χ0n) is 15.9. The molecular formula is C18H23ClF3N3O3S. The van der Waals surface area contributed by atoms with E-state index in [-0.39, 0.29) is 5.69 Å². The SMILES string of the molecule is CS(=O)(=O)N(CC(=O)NN=C1CCCCCCC1)c1ccc(Cl)c(C(F)(F)F)c1. The van der Waals surface area contributed by atoms with Gasteiger partial charge in [0.2, 0.25) is 10.0 Å². The highest BCUT2D eigenvalue weighted by Gasteiger charge is 2.34. The van der Waals surface area contributed by atoms with E-state index in [0.717, 1.165) is 62.6 Å². The van der Waals surface area contributed by atoms with Crippen molar-refractivity contribution >= 4 is 38.9 Å². The third-order valence-electron chi connectivity index (χ3n) is 4.50. The van der Waals surface area contributed by atoms with E-state index in [4.69, 9.17) is 11.6 Å². The molecule has 1 N–H and O–H groups in total. The standard InChI is InChI=1S/C18H23ClF3N3O3S/c1-29(27,28)25(14-9-10-16(19)15(11-14)18(20,21)22)12-17(26)24-23-13-7-5-3-2-4-6-8-13/h9-11H,2-8,12H2,1H3,(H,24,26). The molecule has 0 aromatic heterocycles. The number of anilines is 1. The lowest BCUT2D eigenvalue weighted by atomic mass is 9.99. The van der Waals surface area contributed by atoms with Gasteiger partial charge in [0.25, 0.3) is 5.91 Å². The molecule has 0 atom stereocenters. The maximum absolute atomic E-state index is 13.1. The van der Waals surface area contributed by atoms with Crippen molar-refractivity contribution in [2.75, 3.05) is 17.1 Å². The Morgan fingerprint density at radius 2 is 1.76 bits per heavy atom. The van der Waals surface area contributed by atoms with Gasteiger partial charge in [0, 0.05) is 5.71 Å². The van der Waals surface area contributed by atoms with Crippen LogP contribution in [0.2, 0.25) is 5.02 Å². The molecule has 162 valence electrons. The van der Waals surface area contributed by atoms with E-state index in [1.807, 2.05) is 0 Å². The van der Waals surface area contributed by atoms with Crippen molar-refractivity contribution in [3.63, 3.8) is 0 Å². The number of alkyl halides is 3. The van der Waals surface area contributed by atoms with Crippen LogP contribution in [0, 0.1) is 0 Å². The van der Waals surface area contributed by atoms with Crippen molar-refractivity contribution in [1.82, 2.24) is 5.43 Å². The lowest BCUT2D eigenvalue weighted by molar-refractivity contribution is -0.137. The first-order valence-electron chi connectivity index (χ1n) is 9.17. The molecule has 0 saturated heterocycles. The van der Waals surface area contributed by atoms with E-state index in [1.165, 1.54) is 6.42 Å². The van der Waals surface area contributed by atoms with Gasteiger partial charge < -0.3 is 0 Å². The fourth-order valence-electron chi connectivity index (χ4n) is 3.02. The summed E-state index contributed by atoms with van der Waals surface area (Å²) in [5, 5.41) is 3.52.